The standard InChI is InChI=1S/C8H7BrF2/c9-4-3-6-1-2-7(10)8(11)5-6/h1-2,5H,3-4H2. The first-order valence-corrected chi connectivity index (χ1v) is 4.36. The van der Waals surface area contributed by atoms with Crippen LogP contribution in [0, 0.1) is 11.6 Å². The smallest absolute Gasteiger partial charge is 0.159 e. The molecule has 0 aromatic heterocycles. The van der Waals surface area contributed by atoms with E-state index in [1.165, 1.54) is 6.07 Å². The van der Waals surface area contributed by atoms with E-state index >= 15 is 0 Å². The molecule has 0 amide bonds. The van der Waals surface area contributed by atoms with Crippen molar-refractivity contribution in [1.82, 2.24) is 0 Å². The van der Waals surface area contributed by atoms with E-state index in [4.69, 9.17) is 0 Å². The largest absolute Gasteiger partial charge is 0.204 e. The van der Waals surface area contributed by atoms with Gasteiger partial charge in [-0.05, 0) is 24.1 Å². The van der Waals surface area contributed by atoms with Gasteiger partial charge in [0.15, 0.2) is 11.6 Å². The van der Waals surface area contributed by atoms with Gasteiger partial charge in [0, 0.05) is 5.33 Å². The average molecular weight is 221 g/mol. The van der Waals surface area contributed by atoms with Crippen molar-refractivity contribution in [2.45, 2.75) is 6.42 Å². The molecule has 1 rings (SSSR count). The summed E-state index contributed by atoms with van der Waals surface area (Å²) in [4.78, 5) is 0. The third kappa shape index (κ3) is 2.26. The molecule has 0 aliphatic rings. The van der Waals surface area contributed by atoms with E-state index < -0.39 is 11.6 Å². The summed E-state index contributed by atoms with van der Waals surface area (Å²) in [6.45, 7) is 0. The lowest BCUT2D eigenvalue weighted by Gasteiger charge is -1.97. The number of hydrogen-bond acceptors (Lipinski definition) is 0. The number of alkyl halides is 1. The van der Waals surface area contributed by atoms with Crippen molar-refractivity contribution in [2.75, 3.05) is 5.33 Å². The maximum atomic E-state index is 12.5. The first kappa shape index (κ1) is 8.65. The lowest BCUT2D eigenvalue weighted by atomic mass is 10.2. The first-order valence-electron chi connectivity index (χ1n) is 3.24. The summed E-state index contributed by atoms with van der Waals surface area (Å²) in [6.07, 6.45) is 0.719. The molecular weight excluding hydrogens is 214 g/mol. The van der Waals surface area contributed by atoms with Gasteiger partial charge in [-0.15, -0.1) is 0 Å². The molecule has 3 heteroatoms. The Bertz CT molecular complexity index is 248. The summed E-state index contributed by atoms with van der Waals surface area (Å²) in [7, 11) is 0. The number of hydrogen-bond donors (Lipinski definition) is 0. The second-order valence-electron chi connectivity index (χ2n) is 2.19. The monoisotopic (exact) mass is 220 g/mol. The third-order valence-corrected chi connectivity index (χ3v) is 1.76. The Morgan fingerprint density at radius 2 is 1.91 bits per heavy atom. The highest BCUT2D eigenvalue weighted by Crippen LogP contribution is 2.09. The lowest BCUT2D eigenvalue weighted by molar-refractivity contribution is 0.507. The Balaban J connectivity index is 2.86. The summed E-state index contributed by atoms with van der Waals surface area (Å²) in [5.41, 5.74) is 0.806. The fourth-order valence-electron chi connectivity index (χ4n) is 0.804. The van der Waals surface area contributed by atoms with Crippen molar-refractivity contribution in [3.63, 3.8) is 0 Å². The predicted molar refractivity (Wildman–Crippen MR) is 43.9 cm³/mol. The van der Waals surface area contributed by atoms with Crippen LogP contribution in [0.3, 0.4) is 0 Å². The van der Waals surface area contributed by atoms with Crippen LogP contribution in [0.5, 0.6) is 0 Å². The minimum atomic E-state index is -0.789. The predicted octanol–water partition coefficient (Wildman–Crippen LogP) is 2.90. The number of aryl methyl sites for hydroxylation is 1. The summed E-state index contributed by atoms with van der Waals surface area (Å²) in [6, 6.07) is 3.95. The summed E-state index contributed by atoms with van der Waals surface area (Å²) < 4.78 is 24.9. The number of halogens is 3. The fourth-order valence-corrected chi connectivity index (χ4v) is 1.26. The molecule has 0 atom stereocenters. The fraction of sp³-hybridized carbons (Fsp3) is 0.250. The average Bonchev–Trinajstić information content (AvgIpc) is 1.98. The SMILES string of the molecule is Fc1ccc(CCBr)cc1F. The molecule has 0 heterocycles. The van der Waals surface area contributed by atoms with Gasteiger partial charge in [0.2, 0.25) is 0 Å². The Labute approximate surface area is 72.4 Å². The maximum Gasteiger partial charge on any atom is 0.159 e. The van der Waals surface area contributed by atoms with Crippen molar-refractivity contribution in [3.8, 4) is 0 Å². The van der Waals surface area contributed by atoms with Gasteiger partial charge < -0.3 is 0 Å². The van der Waals surface area contributed by atoms with Crippen molar-refractivity contribution in [3.05, 3.63) is 35.4 Å². The van der Waals surface area contributed by atoms with Gasteiger partial charge in [-0.3, -0.25) is 0 Å². The van der Waals surface area contributed by atoms with E-state index in [0.717, 1.165) is 23.4 Å². The minimum absolute atomic E-state index is 0.719. The molecule has 0 bridgehead atoms. The highest BCUT2D eigenvalue weighted by Gasteiger charge is 2.00. The molecule has 0 N–H and O–H groups in total. The van der Waals surface area contributed by atoms with Crippen LogP contribution in [-0.2, 0) is 6.42 Å². The zero-order valence-electron chi connectivity index (χ0n) is 5.78. The molecule has 0 fully saturated rings. The molecule has 0 spiro atoms. The van der Waals surface area contributed by atoms with Crippen LogP contribution >= 0.6 is 15.9 Å². The molecule has 1 aromatic carbocycles. The molecule has 11 heavy (non-hydrogen) atoms. The second kappa shape index (κ2) is 3.81. The molecule has 0 saturated heterocycles. The van der Waals surface area contributed by atoms with Crippen LogP contribution in [0.15, 0.2) is 18.2 Å². The Morgan fingerprint density at radius 3 is 2.45 bits per heavy atom. The third-order valence-electron chi connectivity index (χ3n) is 1.37. The van der Waals surface area contributed by atoms with Gasteiger partial charge in [-0.1, -0.05) is 22.0 Å². The van der Waals surface area contributed by atoms with Gasteiger partial charge in [-0.2, -0.15) is 0 Å². The van der Waals surface area contributed by atoms with Gasteiger partial charge in [0.05, 0.1) is 0 Å². The molecule has 0 nitrogen and oxygen atoms in total. The molecule has 0 aliphatic heterocycles. The van der Waals surface area contributed by atoms with Crippen molar-refractivity contribution in [1.29, 1.82) is 0 Å². The van der Waals surface area contributed by atoms with E-state index in [1.54, 1.807) is 6.07 Å². The molecule has 0 aliphatic carbocycles. The van der Waals surface area contributed by atoms with E-state index in [0.29, 0.717) is 0 Å². The van der Waals surface area contributed by atoms with E-state index in [9.17, 15) is 8.78 Å². The second-order valence-corrected chi connectivity index (χ2v) is 2.98. The zero-order chi connectivity index (χ0) is 8.27. The van der Waals surface area contributed by atoms with Crippen LogP contribution in [0.4, 0.5) is 8.78 Å². The van der Waals surface area contributed by atoms with Gasteiger partial charge in [-0.25, -0.2) is 8.78 Å². The molecule has 0 radical (unpaired) electrons. The highest BCUT2D eigenvalue weighted by atomic mass is 79.9. The van der Waals surface area contributed by atoms with Crippen LogP contribution in [0.2, 0.25) is 0 Å². The number of rotatable bonds is 2. The molecule has 60 valence electrons. The van der Waals surface area contributed by atoms with Crippen LogP contribution in [0.25, 0.3) is 0 Å². The zero-order valence-corrected chi connectivity index (χ0v) is 7.37. The quantitative estimate of drug-likeness (QED) is 0.673. The Morgan fingerprint density at radius 1 is 1.18 bits per heavy atom. The van der Waals surface area contributed by atoms with Crippen LogP contribution in [0.1, 0.15) is 5.56 Å². The molecular formula is C8H7BrF2. The summed E-state index contributed by atoms with van der Waals surface area (Å²) >= 11 is 3.21. The highest BCUT2D eigenvalue weighted by molar-refractivity contribution is 9.09. The normalized spacial score (nSPS) is 10.1. The molecule has 0 saturated carbocycles. The lowest BCUT2D eigenvalue weighted by Crippen LogP contribution is -1.89. The van der Waals surface area contributed by atoms with E-state index in [2.05, 4.69) is 15.9 Å². The van der Waals surface area contributed by atoms with Crippen molar-refractivity contribution < 1.29 is 8.78 Å². The summed E-state index contributed by atoms with van der Waals surface area (Å²) in [5.74, 6) is -1.56. The van der Waals surface area contributed by atoms with Gasteiger partial charge in [0.25, 0.3) is 0 Å². The minimum Gasteiger partial charge on any atom is -0.204 e. The van der Waals surface area contributed by atoms with E-state index in [1.807, 2.05) is 0 Å². The van der Waals surface area contributed by atoms with Crippen molar-refractivity contribution >= 4 is 15.9 Å². The molecule has 1 aromatic rings. The Kier molecular flexibility index (Phi) is 3.00. The topological polar surface area (TPSA) is 0 Å². The Hall–Kier alpha value is -0.440. The van der Waals surface area contributed by atoms with Gasteiger partial charge >= 0.3 is 0 Å². The van der Waals surface area contributed by atoms with Gasteiger partial charge in [0.1, 0.15) is 0 Å². The van der Waals surface area contributed by atoms with E-state index in [-0.39, 0.29) is 0 Å². The molecule has 0 unspecified atom stereocenters. The van der Waals surface area contributed by atoms with Crippen LogP contribution in [-0.4, -0.2) is 5.33 Å². The first-order chi connectivity index (χ1) is 5.24. The number of benzene rings is 1. The van der Waals surface area contributed by atoms with Crippen molar-refractivity contribution in [2.24, 2.45) is 0 Å². The summed E-state index contributed by atoms with van der Waals surface area (Å²) in [5, 5.41) is 0.762. The maximum absolute atomic E-state index is 12.5. The van der Waals surface area contributed by atoms with Crippen LogP contribution < -0.4 is 0 Å².